The van der Waals surface area contributed by atoms with Gasteiger partial charge in [-0.05, 0) is 59.9 Å². The molecule has 1 rings (SSSR count). The zero-order valence-corrected chi connectivity index (χ0v) is 17.5. The molecule has 0 aliphatic carbocycles. The van der Waals surface area contributed by atoms with E-state index in [-0.39, 0.29) is 6.09 Å². The molecule has 1 N–H and O–H groups in total. The lowest BCUT2D eigenvalue weighted by Gasteiger charge is -2.27. The highest BCUT2D eigenvalue weighted by Crippen LogP contribution is 2.13. The molecule has 0 saturated carbocycles. The first-order chi connectivity index (χ1) is 12.5. The lowest BCUT2D eigenvalue weighted by atomic mass is 10.2. The number of unbranched alkanes of at least 4 members (excludes halogenated alkanes) is 1. The summed E-state index contributed by atoms with van der Waals surface area (Å²) in [6.07, 6.45) is 0.747. The quantitative estimate of drug-likeness (QED) is 0.697. The highest BCUT2D eigenvalue weighted by molar-refractivity contribution is 5.68. The second-order valence-electron chi connectivity index (χ2n) is 8.52. The number of amides is 2. The number of hydrogen-bond donors (Lipinski definition) is 1. The third-order valence-electron chi connectivity index (χ3n) is 3.39. The maximum Gasteiger partial charge on any atom is 0.410 e. The first kappa shape index (κ1) is 22.8. The van der Waals surface area contributed by atoms with Crippen molar-refractivity contribution >= 4 is 12.2 Å². The number of nitrogens with zero attached hydrogens (tertiary/aromatic N) is 1. The van der Waals surface area contributed by atoms with Crippen LogP contribution in [0.2, 0.25) is 0 Å². The molecule has 1 aromatic carbocycles. The molecule has 0 saturated heterocycles. The van der Waals surface area contributed by atoms with Gasteiger partial charge < -0.3 is 19.7 Å². The summed E-state index contributed by atoms with van der Waals surface area (Å²) in [5.41, 5.74) is 0.00707. The average molecular weight is 379 g/mol. The summed E-state index contributed by atoms with van der Waals surface area (Å²) in [5, 5.41) is 2.73. The number of rotatable bonds is 7. The summed E-state index contributed by atoms with van der Waals surface area (Å²) in [6.45, 7) is 12.6. The molecule has 6 nitrogen and oxygen atoms in total. The Morgan fingerprint density at radius 2 is 1.52 bits per heavy atom. The van der Waals surface area contributed by atoms with Crippen LogP contribution in [-0.4, -0.2) is 41.4 Å². The molecule has 0 radical (unpaired) electrons. The Morgan fingerprint density at radius 3 is 2.07 bits per heavy atom. The van der Waals surface area contributed by atoms with Gasteiger partial charge in [0, 0.05) is 19.6 Å². The van der Waals surface area contributed by atoms with Crippen LogP contribution in [0.15, 0.2) is 30.3 Å². The lowest BCUT2D eigenvalue weighted by molar-refractivity contribution is 0.0228. The number of carbonyl (C=O) groups is 2. The summed E-state index contributed by atoms with van der Waals surface area (Å²) >= 11 is 0. The molecule has 0 spiro atoms. The van der Waals surface area contributed by atoms with Crippen LogP contribution in [0.3, 0.4) is 0 Å². The van der Waals surface area contributed by atoms with E-state index in [9.17, 15) is 9.59 Å². The largest absolute Gasteiger partial charge is 0.444 e. The van der Waals surface area contributed by atoms with Crippen molar-refractivity contribution in [2.45, 2.75) is 72.1 Å². The Morgan fingerprint density at radius 1 is 0.926 bits per heavy atom. The van der Waals surface area contributed by atoms with E-state index in [2.05, 4.69) is 5.32 Å². The Balaban J connectivity index is 2.49. The highest BCUT2D eigenvalue weighted by Gasteiger charge is 2.22. The molecule has 152 valence electrons. The van der Waals surface area contributed by atoms with Crippen molar-refractivity contribution in [3.8, 4) is 0 Å². The van der Waals surface area contributed by atoms with Crippen LogP contribution in [0.1, 0.15) is 59.9 Å². The van der Waals surface area contributed by atoms with Gasteiger partial charge in [-0.15, -0.1) is 0 Å². The third-order valence-corrected chi connectivity index (χ3v) is 3.39. The molecular weight excluding hydrogens is 344 g/mol. The molecule has 0 aliphatic heterocycles. The minimum absolute atomic E-state index is 0.327. The van der Waals surface area contributed by atoms with Crippen LogP contribution >= 0.6 is 0 Å². The number of carbonyl (C=O) groups excluding carboxylic acids is 2. The van der Waals surface area contributed by atoms with Crippen LogP contribution in [0.25, 0.3) is 0 Å². The predicted molar refractivity (Wildman–Crippen MR) is 107 cm³/mol. The summed E-state index contributed by atoms with van der Waals surface area (Å²) in [6, 6.07) is 9.83. The summed E-state index contributed by atoms with van der Waals surface area (Å²) in [7, 11) is 0. The Kier molecular flexibility index (Phi) is 8.60. The van der Waals surface area contributed by atoms with E-state index < -0.39 is 17.3 Å². The fourth-order valence-corrected chi connectivity index (χ4v) is 2.30. The van der Waals surface area contributed by atoms with Crippen molar-refractivity contribution in [2.75, 3.05) is 13.1 Å². The minimum Gasteiger partial charge on any atom is -0.444 e. The van der Waals surface area contributed by atoms with Gasteiger partial charge in [-0.3, -0.25) is 0 Å². The van der Waals surface area contributed by atoms with Crippen LogP contribution < -0.4 is 5.32 Å². The van der Waals surface area contributed by atoms with E-state index in [0.29, 0.717) is 19.6 Å². The molecule has 0 heterocycles. The van der Waals surface area contributed by atoms with E-state index >= 15 is 0 Å². The average Bonchev–Trinajstić information content (AvgIpc) is 2.51. The first-order valence-electron chi connectivity index (χ1n) is 9.45. The smallest absolute Gasteiger partial charge is 0.410 e. The second-order valence-corrected chi connectivity index (χ2v) is 8.52. The highest BCUT2D eigenvalue weighted by atomic mass is 16.6. The van der Waals surface area contributed by atoms with Gasteiger partial charge in [-0.25, -0.2) is 9.59 Å². The fourth-order valence-electron chi connectivity index (χ4n) is 2.30. The molecule has 0 aromatic heterocycles. The summed E-state index contributed by atoms with van der Waals surface area (Å²) in [5.74, 6) is 0. The Hall–Kier alpha value is -2.24. The minimum atomic E-state index is -0.537. The van der Waals surface area contributed by atoms with Gasteiger partial charge in [0.15, 0.2) is 0 Å². The number of ether oxygens (including phenoxy) is 2. The van der Waals surface area contributed by atoms with Crippen molar-refractivity contribution < 1.29 is 19.1 Å². The molecule has 0 fully saturated rings. The topological polar surface area (TPSA) is 67.9 Å². The standard InChI is InChI=1S/C21H34N2O4/c1-20(2,3)26-18(24)22-14-10-11-15-23(19(25)27-21(4,5)6)16-17-12-8-7-9-13-17/h7-9,12-13H,10-11,14-16H2,1-6H3,(H,22,24). The molecule has 27 heavy (non-hydrogen) atoms. The van der Waals surface area contributed by atoms with E-state index in [1.54, 1.807) is 4.90 Å². The van der Waals surface area contributed by atoms with Gasteiger partial charge in [-0.1, -0.05) is 30.3 Å². The van der Waals surface area contributed by atoms with Crippen LogP contribution in [0, 0.1) is 0 Å². The van der Waals surface area contributed by atoms with Crippen molar-refractivity contribution in [1.29, 1.82) is 0 Å². The molecule has 0 bridgehead atoms. The van der Waals surface area contributed by atoms with Crippen LogP contribution in [0.5, 0.6) is 0 Å². The number of alkyl carbamates (subject to hydrolysis) is 1. The maximum atomic E-state index is 12.5. The van der Waals surface area contributed by atoms with Gasteiger partial charge in [0.25, 0.3) is 0 Å². The number of hydrogen-bond acceptors (Lipinski definition) is 4. The molecule has 6 heteroatoms. The monoisotopic (exact) mass is 378 g/mol. The summed E-state index contributed by atoms with van der Waals surface area (Å²) in [4.78, 5) is 25.9. The van der Waals surface area contributed by atoms with Crippen molar-refractivity contribution in [2.24, 2.45) is 0 Å². The maximum absolute atomic E-state index is 12.5. The van der Waals surface area contributed by atoms with Gasteiger partial charge in [0.05, 0.1) is 0 Å². The summed E-state index contributed by atoms with van der Waals surface area (Å²) < 4.78 is 10.7. The van der Waals surface area contributed by atoms with Crippen molar-refractivity contribution in [3.05, 3.63) is 35.9 Å². The van der Waals surface area contributed by atoms with E-state index in [4.69, 9.17) is 9.47 Å². The van der Waals surface area contributed by atoms with Gasteiger partial charge in [0.1, 0.15) is 11.2 Å². The molecule has 0 unspecified atom stereocenters. The van der Waals surface area contributed by atoms with Crippen molar-refractivity contribution in [1.82, 2.24) is 10.2 Å². The molecule has 2 amide bonds. The van der Waals surface area contributed by atoms with E-state index in [1.165, 1.54) is 0 Å². The van der Waals surface area contributed by atoms with Crippen LogP contribution in [0.4, 0.5) is 9.59 Å². The van der Waals surface area contributed by atoms with E-state index in [0.717, 1.165) is 18.4 Å². The lowest BCUT2D eigenvalue weighted by Crippen LogP contribution is -2.37. The number of nitrogens with one attached hydrogen (secondary N) is 1. The van der Waals surface area contributed by atoms with Crippen LogP contribution in [-0.2, 0) is 16.0 Å². The zero-order valence-electron chi connectivity index (χ0n) is 17.5. The van der Waals surface area contributed by atoms with Crippen molar-refractivity contribution in [3.63, 3.8) is 0 Å². The Bertz CT molecular complexity index is 588. The fraction of sp³-hybridized carbons (Fsp3) is 0.619. The van der Waals surface area contributed by atoms with Gasteiger partial charge in [-0.2, -0.15) is 0 Å². The zero-order chi connectivity index (χ0) is 20.5. The normalized spacial score (nSPS) is 11.6. The molecule has 0 atom stereocenters. The molecular formula is C21H34N2O4. The molecule has 0 aliphatic rings. The second kappa shape index (κ2) is 10.2. The predicted octanol–water partition coefficient (Wildman–Crippen LogP) is 4.73. The third kappa shape index (κ3) is 11.2. The SMILES string of the molecule is CC(C)(C)OC(=O)NCCCCN(Cc1ccccc1)C(=O)OC(C)(C)C. The van der Waals surface area contributed by atoms with Gasteiger partial charge in [0.2, 0.25) is 0 Å². The van der Waals surface area contributed by atoms with Gasteiger partial charge >= 0.3 is 12.2 Å². The number of benzene rings is 1. The Labute approximate surface area is 163 Å². The molecule has 1 aromatic rings. The first-order valence-corrected chi connectivity index (χ1v) is 9.45. The van der Waals surface area contributed by atoms with E-state index in [1.807, 2.05) is 71.9 Å².